The van der Waals surface area contributed by atoms with E-state index in [1.165, 1.54) is 0 Å². The zero-order valence-electron chi connectivity index (χ0n) is 13.0. The van der Waals surface area contributed by atoms with Crippen molar-refractivity contribution < 1.29 is 5.11 Å². The van der Waals surface area contributed by atoms with E-state index < -0.39 is 0 Å². The highest BCUT2D eigenvalue weighted by Gasteiger charge is 2.12. The SMILES string of the molecule is Oc1ccc(-c2ccnc(Nc3ccccc3)n2)cc1-c1nn[nH]n1. The molecule has 8 heteroatoms. The van der Waals surface area contributed by atoms with Gasteiger partial charge in [0.05, 0.1) is 11.3 Å². The Labute approximate surface area is 142 Å². The van der Waals surface area contributed by atoms with Gasteiger partial charge in [0.2, 0.25) is 11.8 Å². The summed E-state index contributed by atoms with van der Waals surface area (Å²) in [7, 11) is 0. The van der Waals surface area contributed by atoms with Crippen molar-refractivity contribution in [3.05, 3.63) is 60.8 Å². The molecule has 3 N–H and O–H groups in total. The molecule has 0 bridgehead atoms. The van der Waals surface area contributed by atoms with Crippen molar-refractivity contribution in [1.29, 1.82) is 0 Å². The number of aromatic amines is 1. The van der Waals surface area contributed by atoms with Crippen LogP contribution >= 0.6 is 0 Å². The molecule has 0 atom stereocenters. The zero-order valence-corrected chi connectivity index (χ0v) is 13.0. The van der Waals surface area contributed by atoms with Gasteiger partial charge in [-0.15, -0.1) is 10.2 Å². The molecule has 0 aliphatic carbocycles. The van der Waals surface area contributed by atoms with Crippen molar-refractivity contribution in [1.82, 2.24) is 30.6 Å². The van der Waals surface area contributed by atoms with Crippen LogP contribution in [-0.2, 0) is 0 Å². The van der Waals surface area contributed by atoms with Crippen LogP contribution in [-0.4, -0.2) is 35.7 Å². The van der Waals surface area contributed by atoms with Gasteiger partial charge in [0.15, 0.2) is 0 Å². The largest absolute Gasteiger partial charge is 0.507 e. The second-order valence-electron chi connectivity index (χ2n) is 5.22. The summed E-state index contributed by atoms with van der Waals surface area (Å²) >= 11 is 0. The average molecular weight is 331 g/mol. The van der Waals surface area contributed by atoms with Crippen LogP contribution in [0.1, 0.15) is 0 Å². The van der Waals surface area contributed by atoms with Crippen LogP contribution in [0.3, 0.4) is 0 Å². The van der Waals surface area contributed by atoms with Crippen molar-refractivity contribution in [2.45, 2.75) is 0 Å². The van der Waals surface area contributed by atoms with Crippen LogP contribution in [0, 0.1) is 0 Å². The van der Waals surface area contributed by atoms with Gasteiger partial charge in [0.1, 0.15) is 5.75 Å². The fraction of sp³-hybridized carbons (Fsp3) is 0. The fourth-order valence-electron chi connectivity index (χ4n) is 2.38. The number of para-hydroxylation sites is 1. The lowest BCUT2D eigenvalue weighted by Crippen LogP contribution is -1.97. The first-order valence-corrected chi connectivity index (χ1v) is 7.52. The summed E-state index contributed by atoms with van der Waals surface area (Å²) in [6.45, 7) is 0. The van der Waals surface area contributed by atoms with Gasteiger partial charge in [-0.2, -0.15) is 5.21 Å². The lowest BCUT2D eigenvalue weighted by atomic mass is 10.1. The number of H-pyrrole nitrogens is 1. The number of nitrogens with one attached hydrogen (secondary N) is 2. The third-order valence-corrected chi connectivity index (χ3v) is 3.56. The molecule has 0 amide bonds. The standard InChI is InChI=1S/C17H13N7O/c25-15-7-6-11(10-13(15)16-21-23-24-22-16)14-8-9-18-17(20-14)19-12-4-2-1-3-5-12/h1-10,25H,(H,18,19,20)(H,21,22,23,24). The van der Waals surface area contributed by atoms with Gasteiger partial charge in [0, 0.05) is 17.4 Å². The summed E-state index contributed by atoms with van der Waals surface area (Å²) in [6, 6.07) is 16.6. The fourth-order valence-corrected chi connectivity index (χ4v) is 2.38. The van der Waals surface area contributed by atoms with E-state index in [1.54, 1.807) is 30.5 Å². The highest BCUT2D eigenvalue weighted by Crippen LogP contribution is 2.30. The smallest absolute Gasteiger partial charge is 0.227 e. The molecule has 2 heterocycles. The molecule has 25 heavy (non-hydrogen) atoms. The number of benzene rings is 2. The molecule has 0 aliphatic rings. The molecule has 4 aromatic rings. The van der Waals surface area contributed by atoms with Gasteiger partial charge >= 0.3 is 0 Å². The number of aromatic hydroxyl groups is 1. The Hall–Kier alpha value is -3.81. The van der Waals surface area contributed by atoms with Crippen LogP contribution in [0.5, 0.6) is 5.75 Å². The molecule has 0 saturated heterocycles. The number of hydrogen-bond donors (Lipinski definition) is 3. The van der Waals surface area contributed by atoms with Crippen molar-refractivity contribution in [2.24, 2.45) is 0 Å². The molecule has 0 unspecified atom stereocenters. The van der Waals surface area contributed by atoms with Gasteiger partial charge in [-0.25, -0.2) is 9.97 Å². The van der Waals surface area contributed by atoms with Crippen LogP contribution in [0.2, 0.25) is 0 Å². The Kier molecular flexibility index (Phi) is 3.76. The van der Waals surface area contributed by atoms with Crippen molar-refractivity contribution in [3.8, 4) is 28.4 Å². The third kappa shape index (κ3) is 3.13. The minimum Gasteiger partial charge on any atom is -0.507 e. The highest BCUT2D eigenvalue weighted by molar-refractivity contribution is 5.73. The maximum absolute atomic E-state index is 10.0. The molecular formula is C17H13N7O. The van der Waals surface area contributed by atoms with Gasteiger partial charge in [0.25, 0.3) is 0 Å². The molecule has 0 fully saturated rings. The van der Waals surface area contributed by atoms with Gasteiger partial charge < -0.3 is 10.4 Å². The Morgan fingerprint density at radius 2 is 1.88 bits per heavy atom. The van der Waals surface area contributed by atoms with E-state index in [1.807, 2.05) is 30.3 Å². The Morgan fingerprint density at radius 3 is 2.68 bits per heavy atom. The molecule has 0 saturated carbocycles. The third-order valence-electron chi connectivity index (χ3n) is 3.56. The highest BCUT2D eigenvalue weighted by atomic mass is 16.3. The minimum absolute atomic E-state index is 0.0711. The van der Waals surface area contributed by atoms with E-state index in [9.17, 15) is 5.11 Å². The summed E-state index contributed by atoms with van der Waals surface area (Å²) in [5.74, 6) is 0.871. The molecule has 122 valence electrons. The molecule has 0 aliphatic heterocycles. The number of aromatic nitrogens is 6. The first-order valence-electron chi connectivity index (χ1n) is 7.52. The molecule has 0 spiro atoms. The number of phenols is 1. The van der Waals surface area contributed by atoms with E-state index in [2.05, 4.69) is 35.9 Å². The lowest BCUT2D eigenvalue weighted by Gasteiger charge is -2.08. The summed E-state index contributed by atoms with van der Waals surface area (Å²) in [5, 5.41) is 26.9. The topological polar surface area (TPSA) is 113 Å². The van der Waals surface area contributed by atoms with Crippen LogP contribution in [0.15, 0.2) is 60.8 Å². The molecule has 8 nitrogen and oxygen atoms in total. The minimum atomic E-state index is 0.0711. The molecule has 4 rings (SSSR count). The van der Waals surface area contributed by atoms with Crippen LogP contribution in [0.25, 0.3) is 22.6 Å². The van der Waals surface area contributed by atoms with E-state index in [0.29, 0.717) is 23.0 Å². The summed E-state index contributed by atoms with van der Waals surface area (Å²) < 4.78 is 0. The maximum Gasteiger partial charge on any atom is 0.227 e. The predicted molar refractivity (Wildman–Crippen MR) is 92.0 cm³/mol. The monoisotopic (exact) mass is 331 g/mol. The van der Waals surface area contributed by atoms with Gasteiger partial charge in [-0.05, 0) is 41.6 Å². The van der Waals surface area contributed by atoms with Crippen LogP contribution in [0.4, 0.5) is 11.6 Å². The van der Waals surface area contributed by atoms with Crippen molar-refractivity contribution in [3.63, 3.8) is 0 Å². The second kappa shape index (κ2) is 6.36. The number of rotatable bonds is 4. The first-order chi connectivity index (χ1) is 12.3. The Balaban J connectivity index is 1.68. The molecule has 2 aromatic heterocycles. The van der Waals surface area contributed by atoms with E-state index in [0.717, 1.165) is 11.3 Å². The van der Waals surface area contributed by atoms with Gasteiger partial charge in [-0.1, -0.05) is 18.2 Å². The van der Waals surface area contributed by atoms with Crippen LogP contribution < -0.4 is 5.32 Å². The molecule has 2 aromatic carbocycles. The number of nitrogens with zero attached hydrogens (tertiary/aromatic N) is 5. The van der Waals surface area contributed by atoms with E-state index in [4.69, 9.17) is 0 Å². The molecular weight excluding hydrogens is 318 g/mol. The Bertz CT molecular complexity index is 987. The summed E-state index contributed by atoms with van der Waals surface area (Å²) in [5.41, 5.74) is 2.88. The molecule has 0 radical (unpaired) electrons. The average Bonchev–Trinajstić information content (AvgIpc) is 3.18. The quantitative estimate of drug-likeness (QED) is 0.527. The summed E-state index contributed by atoms with van der Waals surface area (Å²) in [6.07, 6.45) is 1.68. The van der Waals surface area contributed by atoms with Crippen molar-refractivity contribution in [2.75, 3.05) is 5.32 Å². The number of hydrogen-bond acceptors (Lipinski definition) is 7. The predicted octanol–water partition coefficient (Wildman–Crippen LogP) is 2.77. The zero-order chi connectivity index (χ0) is 17.1. The first kappa shape index (κ1) is 14.8. The number of phenolic OH excluding ortho intramolecular Hbond substituents is 1. The number of anilines is 2. The summed E-state index contributed by atoms with van der Waals surface area (Å²) in [4.78, 5) is 8.76. The van der Waals surface area contributed by atoms with E-state index >= 15 is 0 Å². The normalized spacial score (nSPS) is 10.6. The van der Waals surface area contributed by atoms with Gasteiger partial charge in [-0.3, -0.25) is 0 Å². The second-order valence-corrected chi connectivity index (χ2v) is 5.22. The van der Waals surface area contributed by atoms with Crippen molar-refractivity contribution >= 4 is 11.6 Å². The Morgan fingerprint density at radius 1 is 1.00 bits per heavy atom. The lowest BCUT2D eigenvalue weighted by molar-refractivity contribution is 0.477. The number of tetrazole rings is 1. The van der Waals surface area contributed by atoms with E-state index in [-0.39, 0.29) is 5.75 Å². The maximum atomic E-state index is 10.0.